The van der Waals surface area contributed by atoms with Gasteiger partial charge in [0, 0.05) is 34.5 Å². The first-order valence-electron chi connectivity index (χ1n) is 6.61. The summed E-state index contributed by atoms with van der Waals surface area (Å²) in [6.45, 7) is 0. The summed E-state index contributed by atoms with van der Waals surface area (Å²) in [6, 6.07) is 17.7. The molecule has 2 aliphatic rings. The second-order valence-electron chi connectivity index (χ2n) is 4.72. The maximum Gasteiger partial charge on any atom is 0.269 e. The lowest BCUT2D eigenvalue weighted by molar-refractivity contribution is -0.384. The zero-order valence-corrected chi connectivity index (χ0v) is 12.2. The highest BCUT2D eigenvalue weighted by Crippen LogP contribution is 2.34. The molecule has 108 valence electrons. The van der Waals surface area contributed by atoms with Crippen LogP contribution in [0.25, 0.3) is 11.1 Å². The summed E-state index contributed by atoms with van der Waals surface area (Å²) in [5.74, 6) is 0. The summed E-state index contributed by atoms with van der Waals surface area (Å²) in [5, 5.41) is 11.3. The minimum Gasteiger partial charge on any atom is -0.258 e. The predicted octanol–water partition coefficient (Wildman–Crippen LogP) is 5.10. The lowest BCUT2D eigenvalue weighted by Gasteiger charge is -1.96. The molecule has 4 nitrogen and oxygen atoms in total. The molecule has 0 unspecified atom stereocenters. The van der Waals surface area contributed by atoms with Gasteiger partial charge >= 0.3 is 0 Å². The monoisotopic (exact) mass is 310 g/mol. The molecule has 1 aromatic rings. The Morgan fingerprint density at radius 1 is 1.00 bits per heavy atom. The number of halogens is 1. The van der Waals surface area contributed by atoms with E-state index in [1.54, 1.807) is 18.3 Å². The lowest BCUT2D eigenvalue weighted by Crippen LogP contribution is -1.85. The Morgan fingerprint density at radius 2 is 1.68 bits per heavy atom. The Labute approximate surface area is 132 Å². The fourth-order valence-electron chi connectivity index (χ4n) is 2.21. The smallest absolute Gasteiger partial charge is 0.258 e. The van der Waals surface area contributed by atoms with Crippen LogP contribution in [-0.4, -0.2) is 11.1 Å². The topological polar surface area (TPSA) is 55.5 Å². The molecule has 22 heavy (non-hydrogen) atoms. The molecule has 0 N–H and O–H groups in total. The second-order valence-corrected chi connectivity index (χ2v) is 5.12. The first-order valence-corrected chi connectivity index (χ1v) is 6.99. The van der Waals surface area contributed by atoms with Crippen LogP contribution in [0.2, 0.25) is 5.02 Å². The SMILES string of the molecule is O=[N+]([O-])c1ccc(N=Cc2cc(Cl)c3cccccc2-3)cc1. The molecule has 0 fully saturated rings. The molecular weight excluding hydrogens is 300 g/mol. The third-order valence-electron chi connectivity index (χ3n) is 3.30. The van der Waals surface area contributed by atoms with Crippen molar-refractivity contribution in [1.82, 2.24) is 0 Å². The van der Waals surface area contributed by atoms with Gasteiger partial charge in [0.05, 0.1) is 10.6 Å². The van der Waals surface area contributed by atoms with Gasteiger partial charge in [-0.3, -0.25) is 15.1 Å². The van der Waals surface area contributed by atoms with Crippen molar-refractivity contribution in [2.75, 3.05) is 0 Å². The van der Waals surface area contributed by atoms with Gasteiger partial charge in [0.2, 0.25) is 0 Å². The summed E-state index contributed by atoms with van der Waals surface area (Å²) in [4.78, 5) is 14.5. The van der Waals surface area contributed by atoms with Crippen LogP contribution in [-0.2, 0) is 0 Å². The van der Waals surface area contributed by atoms with Gasteiger partial charge in [-0.1, -0.05) is 41.9 Å². The average Bonchev–Trinajstić information content (AvgIpc) is 2.69. The zero-order valence-electron chi connectivity index (χ0n) is 11.4. The molecule has 0 heterocycles. The highest BCUT2D eigenvalue weighted by molar-refractivity contribution is 6.34. The molecule has 5 heteroatoms. The lowest BCUT2D eigenvalue weighted by atomic mass is 10.1. The Hall–Kier alpha value is -2.72. The van der Waals surface area contributed by atoms with Gasteiger partial charge in [-0.15, -0.1) is 0 Å². The van der Waals surface area contributed by atoms with Gasteiger partial charge in [-0.2, -0.15) is 0 Å². The van der Waals surface area contributed by atoms with Crippen molar-refractivity contribution in [3.05, 3.63) is 81.4 Å². The number of nitrogens with zero attached hydrogens (tertiary/aromatic N) is 2. The van der Waals surface area contributed by atoms with Crippen molar-refractivity contribution in [1.29, 1.82) is 0 Å². The van der Waals surface area contributed by atoms with Crippen molar-refractivity contribution in [3.63, 3.8) is 0 Å². The maximum absolute atomic E-state index is 10.6. The van der Waals surface area contributed by atoms with Crippen molar-refractivity contribution >= 4 is 29.2 Å². The number of rotatable bonds is 3. The summed E-state index contributed by atoms with van der Waals surface area (Å²) >= 11 is 6.24. The molecule has 0 bridgehead atoms. The highest BCUT2D eigenvalue weighted by atomic mass is 35.5. The fourth-order valence-corrected chi connectivity index (χ4v) is 2.49. The Morgan fingerprint density at radius 3 is 2.36 bits per heavy atom. The number of fused-ring (bicyclic) bond motifs is 1. The number of hydrogen-bond acceptors (Lipinski definition) is 3. The van der Waals surface area contributed by atoms with Crippen LogP contribution in [0.4, 0.5) is 11.4 Å². The predicted molar refractivity (Wildman–Crippen MR) is 88.4 cm³/mol. The molecule has 0 aliphatic heterocycles. The van der Waals surface area contributed by atoms with E-state index in [4.69, 9.17) is 11.6 Å². The Balaban J connectivity index is 1.92. The van der Waals surface area contributed by atoms with E-state index >= 15 is 0 Å². The van der Waals surface area contributed by atoms with Crippen LogP contribution < -0.4 is 0 Å². The molecule has 2 aliphatic carbocycles. The fraction of sp³-hybridized carbons (Fsp3) is 0. The summed E-state index contributed by atoms with van der Waals surface area (Å²) in [5.41, 5.74) is 3.59. The van der Waals surface area contributed by atoms with E-state index in [-0.39, 0.29) is 5.69 Å². The number of nitro groups is 1. The van der Waals surface area contributed by atoms with E-state index in [1.165, 1.54) is 12.1 Å². The van der Waals surface area contributed by atoms with Gasteiger partial charge in [0.1, 0.15) is 0 Å². The number of aliphatic imine (C=N–C) groups is 1. The average molecular weight is 311 g/mol. The summed E-state index contributed by atoms with van der Waals surface area (Å²) < 4.78 is 0. The van der Waals surface area contributed by atoms with Crippen LogP contribution in [0.3, 0.4) is 0 Å². The standard InChI is InChI=1S/C17H11ClN2O2/c18-17-10-12(15-4-2-1-3-5-16(15)17)11-19-13-6-8-14(9-7-13)20(21)22/h1-11H. The molecule has 3 rings (SSSR count). The van der Waals surface area contributed by atoms with Crippen molar-refractivity contribution in [2.24, 2.45) is 4.99 Å². The van der Waals surface area contributed by atoms with Gasteiger partial charge in [-0.05, 0) is 23.8 Å². The van der Waals surface area contributed by atoms with Gasteiger partial charge in [0.15, 0.2) is 0 Å². The van der Waals surface area contributed by atoms with Crippen LogP contribution in [0.15, 0.2) is 65.7 Å². The highest BCUT2D eigenvalue weighted by Gasteiger charge is 2.11. The van der Waals surface area contributed by atoms with Crippen LogP contribution in [0.1, 0.15) is 5.56 Å². The van der Waals surface area contributed by atoms with E-state index < -0.39 is 4.92 Å². The van der Waals surface area contributed by atoms with Crippen molar-refractivity contribution in [3.8, 4) is 11.1 Å². The molecule has 0 radical (unpaired) electrons. The number of non-ortho nitro benzene ring substituents is 1. The number of hydrogen-bond donors (Lipinski definition) is 0. The largest absolute Gasteiger partial charge is 0.269 e. The molecule has 0 amide bonds. The van der Waals surface area contributed by atoms with Crippen LogP contribution in [0.5, 0.6) is 0 Å². The van der Waals surface area contributed by atoms with Crippen LogP contribution in [0, 0.1) is 10.1 Å². The molecule has 1 aromatic carbocycles. The third-order valence-corrected chi connectivity index (χ3v) is 3.61. The van der Waals surface area contributed by atoms with Gasteiger partial charge in [-0.25, -0.2) is 0 Å². The minimum absolute atomic E-state index is 0.0489. The zero-order chi connectivity index (χ0) is 15.5. The van der Waals surface area contributed by atoms with E-state index in [9.17, 15) is 10.1 Å². The summed E-state index contributed by atoms with van der Waals surface area (Å²) in [6.07, 6.45) is 1.72. The maximum atomic E-state index is 10.6. The quantitative estimate of drug-likeness (QED) is 0.384. The third kappa shape index (κ3) is 2.82. The first kappa shape index (κ1) is 14.2. The molecule has 0 aromatic heterocycles. The minimum atomic E-state index is -0.433. The molecule has 0 atom stereocenters. The normalized spacial score (nSPS) is 11.1. The van der Waals surface area contributed by atoms with Crippen molar-refractivity contribution < 1.29 is 4.92 Å². The Kier molecular flexibility index (Phi) is 3.85. The van der Waals surface area contributed by atoms with E-state index in [0.717, 1.165) is 16.7 Å². The molecule has 0 saturated carbocycles. The first-order chi connectivity index (χ1) is 10.6. The molecular formula is C17H11ClN2O2. The molecule has 0 saturated heterocycles. The van der Waals surface area contributed by atoms with E-state index in [0.29, 0.717) is 10.7 Å². The van der Waals surface area contributed by atoms with Gasteiger partial charge < -0.3 is 0 Å². The number of benzene rings is 1. The number of nitro benzene ring substituents is 1. The second kappa shape index (κ2) is 5.95. The van der Waals surface area contributed by atoms with E-state index in [2.05, 4.69) is 4.99 Å². The van der Waals surface area contributed by atoms with Crippen molar-refractivity contribution in [2.45, 2.75) is 0 Å². The van der Waals surface area contributed by atoms with Crippen LogP contribution >= 0.6 is 11.6 Å². The van der Waals surface area contributed by atoms with E-state index in [1.807, 2.05) is 36.4 Å². The summed E-state index contributed by atoms with van der Waals surface area (Å²) in [7, 11) is 0. The Bertz CT molecular complexity index is 828. The molecule has 0 spiro atoms. The van der Waals surface area contributed by atoms with Gasteiger partial charge in [0.25, 0.3) is 5.69 Å².